The Labute approximate surface area is 149 Å². The van der Waals surface area contributed by atoms with E-state index in [1.807, 2.05) is 35.2 Å². The molecule has 3 aliphatic heterocycles. The Morgan fingerprint density at radius 3 is 2.35 bits per heavy atom. The van der Waals surface area contributed by atoms with Crippen LogP contribution in [0, 0.1) is 10.1 Å². The maximum atomic E-state index is 12.5. The Balaban J connectivity index is 1.78. The number of nitro groups is 1. The summed E-state index contributed by atoms with van der Waals surface area (Å²) in [6, 6.07) is 13.5. The fourth-order valence-electron chi connectivity index (χ4n) is 3.35. The Hall–Kier alpha value is -3.48. The first-order valence-corrected chi connectivity index (χ1v) is 8.22. The number of hydrogen-bond donors (Lipinski definition) is 1. The average molecular weight is 349 g/mol. The van der Waals surface area contributed by atoms with E-state index in [9.17, 15) is 19.7 Å². The lowest BCUT2D eigenvalue weighted by atomic mass is 10.0. The molecule has 0 aromatic heterocycles. The summed E-state index contributed by atoms with van der Waals surface area (Å²) in [6.07, 6.45) is 2.63. The number of nitrogens with one attached hydrogen (secondary N) is 1. The number of rotatable bonds is 3. The molecule has 2 bridgehead atoms. The van der Waals surface area contributed by atoms with Crippen molar-refractivity contribution in [3.63, 3.8) is 0 Å². The van der Waals surface area contributed by atoms with Gasteiger partial charge in [-0.15, -0.1) is 0 Å². The molecule has 130 valence electrons. The molecule has 0 aliphatic carbocycles. The molecule has 2 amide bonds. The van der Waals surface area contributed by atoms with Crippen molar-refractivity contribution in [3.05, 3.63) is 69.8 Å². The van der Waals surface area contributed by atoms with E-state index in [0.717, 1.165) is 22.5 Å². The van der Waals surface area contributed by atoms with Crippen LogP contribution in [0.5, 0.6) is 0 Å². The van der Waals surface area contributed by atoms with E-state index in [1.54, 1.807) is 12.1 Å². The second-order valence-corrected chi connectivity index (χ2v) is 6.26. The van der Waals surface area contributed by atoms with Gasteiger partial charge in [-0.25, -0.2) is 0 Å². The number of nitrogens with zero attached hydrogens (tertiary/aromatic N) is 2. The van der Waals surface area contributed by atoms with Gasteiger partial charge in [-0.1, -0.05) is 12.1 Å². The number of piperidine rings is 1. The Bertz CT molecular complexity index is 932. The van der Waals surface area contributed by atoms with Crippen molar-refractivity contribution in [3.8, 4) is 0 Å². The van der Waals surface area contributed by atoms with Gasteiger partial charge in [0.15, 0.2) is 0 Å². The van der Waals surface area contributed by atoms with E-state index in [0.29, 0.717) is 6.42 Å². The number of amides is 2. The van der Waals surface area contributed by atoms with Gasteiger partial charge in [-0.3, -0.25) is 25.0 Å². The standard InChI is InChI=1S/C19H15N3O4/c23-18-10-9-16(19(24)20-18)21-14-5-1-12(2-6-14)11-17(21)13-3-7-15(8-4-13)22(25)26/h1-8,11,16H,9-10H2,(H,20,23,24). The lowest BCUT2D eigenvalue weighted by Crippen LogP contribution is -2.52. The number of nitro benzene ring substituents is 1. The smallest absolute Gasteiger partial charge is 0.269 e. The summed E-state index contributed by atoms with van der Waals surface area (Å²) in [4.78, 5) is 36.3. The van der Waals surface area contributed by atoms with Gasteiger partial charge in [0, 0.05) is 29.9 Å². The Morgan fingerprint density at radius 1 is 1.04 bits per heavy atom. The fourth-order valence-corrected chi connectivity index (χ4v) is 3.35. The van der Waals surface area contributed by atoms with Gasteiger partial charge in [-0.2, -0.15) is 0 Å². The van der Waals surface area contributed by atoms with Gasteiger partial charge in [0.25, 0.3) is 5.69 Å². The van der Waals surface area contributed by atoms with Crippen molar-refractivity contribution in [2.75, 3.05) is 4.90 Å². The predicted molar refractivity (Wildman–Crippen MR) is 96.1 cm³/mol. The number of carbonyl (C=O) groups is 2. The molecule has 26 heavy (non-hydrogen) atoms. The van der Waals surface area contributed by atoms with Crippen LogP contribution in [0.25, 0.3) is 11.8 Å². The van der Waals surface area contributed by atoms with Crippen LogP contribution in [0.3, 0.4) is 0 Å². The Kier molecular flexibility index (Phi) is 3.76. The molecular formula is C19H15N3O4. The van der Waals surface area contributed by atoms with E-state index in [2.05, 4.69) is 5.32 Å². The van der Waals surface area contributed by atoms with E-state index < -0.39 is 11.0 Å². The largest absolute Gasteiger partial charge is 0.328 e. The van der Waals surface area contributed by atoms with Gasteiger partial charge in [0.05, 0.1) is 4.92 Å². The fraction of sp³-hybridized carbons (Fsp3) is 0.158. The topological polar surface area (TPSA) is 92.6 Å². The maximum absolute atomic E-state index is 12.5. The van der Waals surface area contributed by atoms with Crippen molar-refractivity contribution in [2.24, 2.45) is 0 Å². The molecule has 2 aromatic rings. The summed E-state index contributed by atoms with van der Waals surface area (Å²) in [5, 5.41) is 13.3. The van der Waals surface area contributed by atoms with Crippen LogP contribution < -0.4 is 10.2 Å². The van der Waals surface area contributed by atoms with Crippen LogP contribution in [-0.4, -0.2) is 22.8 Å². The summed E-state index contributed by atoms with van der Waals surface area (Å²) < 4.78 is 0. The van der Waals surface area contributed by atoms with Crippen LogP contribution >= 0.6 is 0 Å². The number of non-ortho nitro benzene ring substituents is 1. The van der Waals surface area contributed by atoms with Crippen molar-refractivity contribution >= 4 is 35.0 Å². The highest BCUT2D eigenvalue weighted by Gasteiger charge is 2.35. The minimum atomic E-state index is -0.518. The van der Waals surface area contributed by atoms with Gasteiger partial charge in [-0.05, 0) is 47.9 Å². The minimum absolute atomic E-state index is 0.00931. The highest BCUT2D eigenvalue weighted by molar-refractivity contribution is 6.05. The molecule has 1 saturated heterocycles. The van der Waals surface area contributed by atoms with Crippen molar-refractivity contribution in [1.82, 2.24) is 5.32 Å². The van der Waals surface area contributed by atoms with Crippen LogP contribution in [0.4, 0.5) is 11.4 Å². The molecule has 1 fully saturated rings. The number of fused-ring (bicyclic) bond motifs is 3. The molecule has 7 heteroatoms. The maximum Gasteiger partial charge on any atom is 0.269 e. The zero-order valence-electron chi connectivity index (χ0n) is 13.7. The summed E-state index contributed by atoms with van der Waals surface area (Å²) >= 11 is 0. The first-order valence-electron chi connectivity index (χ1n) is 8.22. The van der Waals surface area contributed by atoms with Crippen LogP contribution in [0.1, 0.15) is 24.0 Å². The minimum Gasteiger partial charge on any atom is -0.328 e. The highest BCUT2D eigenvalue weighted by Crippen LogP contribution is 2.36. The second kappa shape index (κ2) is 6.11. The lowest BCUT2D eigenvalue weighted by Gasteiger charge is -2.35. The third-order valence-corrected chi connectivity index (χ3v) is 4.63. The zero-order valence-corrected chi connectivity index (χ0v) is 13.7. The molecule has 1 atom stereocenters. The summed E-state index contributed by atoms with van der Waals surface area (Å²) in [7, 11) is 0. The summed E-state index contributed by atoms with van der Waals surface area (Å²) in [6.45, 7) is 0. The monoisotopic (exact) mass is 349 g/mol. The summed E-state index contributed by atoms with van der Waals surface area (Å²) in [5.74, 6) is -0.601. The first kappa shape index (κ1) is 16.0. The van der Waals surface area contributed by atoms with E-state index in [4.69, 9.17) is 0 Å². The average Bonchev–Trinajstić information content (AvgIpc) is 2.92. The molecule has 2 aromatic carbocycles. The predicted octanol–water partition coefficient (Wildman–Crippen LogP) is 2.72. The quantitative estimate of drug-likeness (QED) is 0.522. The molecule has 7 nitrogen and oxygen atoms in total. The zero-order chi connectivity index (χ0) is 18.3. The van der Waals surface area contributed by atoms with Gasteiger partial charge in [0.2, 0.25) is 11.8 Å². The number of hydrogen-bond acceptors (Lipinski definition) is 5. The van der Waals surface area contributed by atoms with Gasteiger partial charge < -0.3 is 4.90 Å². The van der Waals surface area contributed by atoms with E-state index in [1.165, 1.54) is 12.1 Å². The lowest BCUT2D eigenvalue weighted by molar-refractivity contribution is -0.384. The molecule has 0 radical (unpaired) electrons. The number of benzene rings is 2. The molecule has 5 rings (SSSR count). The molecule has 3 heterocycles. The highest BCUT2D eigenvalue weighted by atomic mass is 16.6. The molecule has 1 N–H and O–H groups in total. The third kappa shape index (κ3) is 2.73. The Morgan fingerprint density at radius 2 is 1.73 bits per heavy atom. The molecule has 0 spiro atoms. The summed E-state index contributed by atoms with van der Waals surface area (Å²) in [5.41, 5.74) is 3.36. The SMILES string of the molecule is O=C1CCC(N2C(c3ccc([N+](=O)[O-])cc3)=Cc3ccc2cc3)C(=O)N1. The van der Waals surface area contributed by atoms with Crippen molar-refractivity contribution in [2.45, 2.75) is 18.9 Å². The van der Waals surface area contributed by atoms with Crippen LogP contribution in [-0.2, 0) is 9.59 Å². The number of imide groups is 1. The van der Waals surface area contributed by atoms with E-state index in [-0.39, 0.29) is 23.9 Å². The number of carbonyl (C=O) groups excluding carboxylic acids is 2. The first-order chi connectivity index (χ1) is 12.5. The third-order valence-electron chi connectivity index (χ3n) is 4.63. The van der Waals surface area contributed by atoms with Crippen molar-refractivity contribution < 1.29 is 14.5 Å². The molecule has 3 aliphatic rings. The second-order valence-electron chi connectivity index (χ2n) is 6.26. The molecule has 0 saturated carbocycles. The van der Waals surface area contributed by atoms with Gasteiger partial charge >= 0.3 is 0 Å². The van der Waals surface area contributed by atoms with Crippen LogP contribution in [0.15, 0.2) is 48.5 Å². The molecule has 1 unspecified atom stereocenters. The van der Waals surface area contributed by atoms with E-state index >= 15 is 0 Å². The van der Waals surface area contributed by atoms with Crippen molar-refractivity contribution in [1.29, 1.82) is 0 Å². The normalized spacial score (nSPS) is 19.0. The van der Waals surface area contributed by atoms with Gasteiger partial charge in [0.1, 0.15) is 6.04 Å². The number of anilines is 1. The molecular weight excluding hydrogens is 334 g/mol. The van der Waals surface area contributed by atoms with Crippen LogP contribution in [0.2, 0.25) is 0 Å².